The number of amides is 3. The van der Waals surface area contributed by atoms with Crippen molar-refractivity contribution in [1.82, 2.24) is 5.32 Å². The first-order valence-corrected chi connectivity index (χ1v) is 6.32. The summed E-state index contributed by atoms with van der Waals surface area (Å²) in [4.78, 5) is 24.1. The summed E-state index contributed by atoms with van der Waals surface area (Å²) in [6, 6.07) is 7.59. The number of anilines is 1. The fourth-order valence-electron chi connectivity index (χ4n) is 1.84. The zero-order valence-electron chi connectivity index (χ0n) is 11.6. The van der Waals surface area contributed by atoms with Gasteiger partial charge in [0, 0.05) is 24.7 Å². The lowest BCUT2D eigenvalue weighted by atomic mass is 10.2. The van der Waals surface area contributed by atoms with E-state index in [2.05, 4.69) is 24.1 Å². The molecule has 19 heavy (non-hydrogen) atoms. The third-order valence-electron chi connectivity index (χ3n) is 2.83. The summed E-state index contributed by atoms with van der Waals surface area (Å²) in [5.41, 5.74) is 7.16. The fraction of sp³-hybridized carbons (Fsp3) is 0.429. The summed E-state index contributed by atoms with van der Waals surface area (Å²) < 4.78 is 0. The molecule has 5 heteroatoms. The van der Waals surface area contributed by atoms with E-state index in [0.717, 1.165) is 5.69 Å². The number of primary amides is 1. The third-order valence-corrected chi connectivity index (χ3v) is 2.83. The Bertz CT molecular complexity index is 441. The monoisotopic (exact) mass is 263 g/mol. The molecule has 0 saturated carbocycles. The normalized spacial score (nSPS) is 10.3. The quantitative estimate of drug-likeness (QED) is 0.850. The number of nitrogens with two attached hydrogens (primary N) is 1. The molecule has 0 aromatic heterocycles. The van der Waals surface area contributed by atoms with Crippen molar-refractivity contribution in [3.05, 3.63) is 29.8 Å². The predicted octanol–water partition coefficient (Wildman–Crippen LogP) is 1.79. The number of nitrogens with one attached hydrogen (secondary N) is 1. The van der Waals surface area contributed by atoms with Gasteiger partial charge < -0.3 is 10.6 Å². The molecule has 1 rings (SSSR count). The van der Waals surface area contributed by atoms with Crippen LogP contribution in [0.1, 0.15) is 25.8 Å². The lowest BCUT2D eigenvalue weighted by molar-refractivity contribution is -0.119. The molecule has 0 saturated heterocycles. The summed E-state index contributed by atoms with van der Waals surface area (Å²) in [6.45, 7) is 6.70. The summed E-state index contributed by atoms with van der Waals surface area (Å²) >= 11 is 0. The molecule has 0 aliphatic rings. The Morgan fingerprint density at radius 2 is 1.84 bits per heavy atom. The van der Waals surface area contributed by atoms with Crippen molar-refractivity contribution >= 4 is 17.6 Å². The molecule has 0 unspecified atom stereocenters. The molecule has 104 valence electrons. The first-order valence-electron chi connectivity index (χ1n) is 6.32. The Morgan fingerprint density at radius 3 is 2.32 bits per heavy atom. The summed E-state index contributed by atoms with van der Waals surface area (Å²) in [5, 5.41) is 2.07. The van der Waals surface area contributed by atoms with Gasteiger partial charge in [-0.2, -0.15) is 0 Å². The van der Waals surface area contributed by atoms with Crippen molar-refractivity contribution in [2.24, 2.45) is 5.73 Å². The zero-order valence-corrected chi connectivity index (χ0v) is 11.6. The van der Waals surface area contributed by atoms with Gasteiger partial charge in [0.05, 0.1) is 0 Å². The minimum Gasteiger partial charge on any atom is -0.369 e. The molecule has 0 fully saturated rings. The molecule has 0 atom stereocenters. The molecule has 0 heterocycles. The molecule has 1 aromatic rings. The first-order chi connectivity index (χ1) is 8.90. The first kappa shape index (κ1) is 15.0. The predicted molar refractivity (Wildman–Crippen MR) is 76.0 cm³/mol. The average molecular weight is 263 g/mol. The van der Waals surface area contributed by atoms with Crippen molar-refractivity contribution < 1.29 is 9.59 Å². The Balaban J connectivity index is 2.66. The summed E-state index contributed by atoms with van der Waals surface area (Å²) in [6.07, 6.45) is 0.231. The van der Waals surface area contributed by atoms with Gasteiger partial charge >= 0.3 is 6.03 Å². The highest BCUT2D eigenvalue weighted by molar-refractivity contribution is 5.93. The SMILES string of the molecule is Cc1ccc(N(CCC(=O)NC(N)=O)C(C)C)cc1. The van der Waals surface area contributed by atoms with Gasteiger partial charge in [-0.1, -0.05) is 17.7 Å². The maximum Gasteiger partial charge on any atom is 0.318 e. The Kier molecular flexibility index (Phi) is 5.36. The maximum absolute atomic E-state index is 11.4. The van der Waals surface area contributed by atoms with Crippen LogP contribution in [0.5, 0.6) is 0 Å². The van der Waals surface area contributed by atoms with Crippen molar-refractivity contribution in [3.8, 4) is 0 Å². The van der Waals surface area contributed by atoms with Crippen LogP contribution in [-0.2, 0) is 4.79 Å². The van der Waals surface area contributed by atoms with Gasteiger partial charge in [-0.3, -0.25) is 10.1 Å². The highest BCUT2D eigenvalue weighted by Gasteiger charge is 2.13. The molecule has 3 amide bonds. The topological polar surface area (TPSA) is 75.4 Å². The van der Waals surface area contributed by atoms with E-state index in [1.54, 1.807) is 0 Å². The number of imide groups is 1. The van der Waals surface area contributed by atoms with Gasteiger partial charge in [0.15, 0.2) is 0 Å². The van der Waals surface area contributed by atoms with Crippen LogP contribution < -0.4 is 16.0 Å². The number of hydrogen-bond acceptors (Lipinski definition) is 3. The summed E-state index contributed by atoms with van der Waals surface area (Å²) in [7, 11) is 0. The van der Waals surface area contributed by atoms with Crippen molar-refractivity contribution in [2.75, 3.05) is 11.4 Å². The van der Waals surface area contributed by atoms with Crippen LogP contribution in [0.4, 0.5) is 10.5 Å². The van der Waals surface area contributed by atoms with Crippen LogP contribution in [0.3, 0.4) is 0 Å². The molecular formula is C14H21N3O2. The zero-order chi connectivity index (χ0) is 14.4. The number of nitrogens with zero attached hydrogens (tertiary/aromatic N) is 1. The van der Waals surface area contributed by atoms with Crippen LogP contribution in [-0.4, -0.2) is 24.5 Å². The van der Waals surface area contributed by atoms with E-state index >= 15 is 0 Å². The number of carbonyl (C=O) groups is 2. The van der Waals surface area contributed by atoms with Crippen LogP contribution in [0.25, 0.3) is 0 Å². The number of hydrogen-bond donors (Lipinski definition) is 2. The molecule has 0 aliphatic carbocycles. The second-order valence-corrected chi connectivity index (χ2v) is 4.79. The minimum absolute atomic E-state index is 0.231. The summed E-state index contributed by atoms with van der Waals surface area (Å²) in [5.74, 6) is -0.356. The van der Waals surface area contributed by atoms with E-state index in [4.69, 9.17) is 5.73 Å². The van der Waals surface area contributed by atoms with Gasteiger partial charge in [-0.15, -0.1) is 0 Å². The smallest absolute Gasteiger partial charge is 0.318 e. The van der Waals surface area contributed by atoms with Crippen molar-refractivity contribution in [1.29, 1.82) is 0 Å². The van der Waals surface area contributed by atoms with Gasteiger partial charge in [0.25, 0.3) is 0 Å². The van der Waals surface area contributed by atoms with Gasteiger partial charge in [0.2, 0.25) is 5.91 Å². The minimum atomic E-state index is -0.809. The highest BCUT2D eigenvalue weighted by Crippen LogP contribution is 2.18. The Labute approximate surface area is 113 Å². The number of rotatable bonds is 5. The van der Waals surface area contributed by atoms with Crippen LogP contribution in [0, 0.1) is 6.92 Å². The van der Waals surface area contributed by atoms with E-state index in [9.17, 15) is 9.59 Å². The lowest BCUT2D eigenvalue weighted by Crippen LogP contribution is -2.39. The van der Waals surface area contributed by atoms with Gasteiger partial charge in [-0.05, 0) is 32.9 Å². The molecule has 0 aliphatic heterocycles. The molecule has 0 spiro atoms. The lowest BCUT2D eigenvalue weighted by Gasteiger charge is -2.28. The van der Waals surface area contributed by atoms with Crippen molar-refractivity contribution in [3.63, 3.8) is 0 Å². The van der Waals surface area contributed by atoms with Crippen LogP contribution >= 0.6 is 0 Å². The van der Waals surface area contributed by atoms with E-state index in [1.807, 2.05) is 31.2 Å². The number of carbonyl (C=O) groups excluding carboxylic acids is 2. The third kappa shape index (κ3) is 4.99. The molecule has 0 bridgehead atoms. The van der Waals surface area contributed by atoms with E-state index < -0.39 is 6.03 Å². The van der Waals surface area contributed by atoms with E-state index in [0.29, 0.717) is 6.54 Å². The standard InChI is InChI=1S/C14H21N3O2/c1-10(2)17(9-8-13(18)16-14(15)19)12-6-4-11(3)5-7-12/h4-7,10H,8-9H2,1-3H3,(H3,15,16,18,19). The van der Waals surface area contributed by atoms with E-state index in [1.165, 1.54) is 5.56 Å². The highest BCUT2D eigenvalue weighted by atomic mass is 16.2. The van der Waals surface area contributed by atoms with Crippen LogP contribution in [0.15, 0.2) is 24.3 Å². The van der Waals surface area contributed by atoms with Crippen molar-refractivity contribution in [2.45, 2.75) is 33.2 Å². The average Bonchev–Trinajstić information content (AvgIpc) is 2.30. The molecule has 1 aromatic carbocycles. The number of urea groups is 1. The van der Waals surface area contributed by atoms with Gasteiger partial charge in [0.1, 0.15) is 0 Å². The van der Waals surface area contributed by atoms with Gasteiger partial charge in [-0.25, -0.2) is 4.79 Å². The largest absolute Gasteiger partial charge is 0.369 e. The molecular weight excluding hydrogens is 242 g/mol. The second kappa shape index (κ2) is 6.78. The number of aryl methyl sites for hydroxylation is 1. The van der Waals surface area contributed by atoms with Crippen LogP contribution in [0.2, 0.25) is 0 Å². The fourth-order valence-corrected chi connectivity index (χ4v) is 1.84. The maximum atomic E-state index is 11.4. The van der Waals surface area contributed by atoms with E-state index in [-0.39, 0.29) is 18.4 Å². The molecule has 0 radical (unpaired) electrons. The Hall–Kier alpha value is -2.04. The second-order valence-electron chi connectivity index (χ2n) is 4.79. The number of benzene rings is 1. The Morgan fingerprint density at radius 1 is 1.26 bits per heavy atom. The molecule has 3 N–H and O–H groups in total. The molecule has 5 nitrogen and oxygen atoms in total.